The molecule has 1 amide bonds. The molecule has 1 N–H and O–H groups in total. The molecule has 0 bridgehead atoms. The van der Waals surface area contributed by atoms with Gasteiger partial charge in [0.05, 0.1) is 25.1 Å². The number of likely N-dealkylation sites (tertiary alicyclic amines) is 1. The highest BCUT2D eigenvalue weighted by molar-refractivity contribution is 5.79. The summed E-state index contributed by atoms with van der Waals surface area (Å²) in [7, 11) is 0. The lowest BCUT2D eigenvalue weighted by atomic mass is 9.97. The summed E-state index contributed by atoms with van der Waals surface area (Å²) in [5, 5.41) is 3.17. The highest BCUT2D eigenvalue weighted by Gasteiger charge is 2.28. The average molecular weight is 380 g/mol. The first-order chi connectivity index (χ1) is 13.7. The summed E-state index contributed by atoms with van der Waals surface area (Å²) in [4.78, 5) is 26.9. The third-order valence-corrected chi connectivity index (χ3v) is 5.06. The van der Waals surface area contributed by atoms with Crippen molar-refractivity contribution in [2.24, 2.45) is 5.92 Å². The van der Waals surface area contributed by atoms with Crippen LogP contribution in [0.5, 0.6) is 0 Å². The van der Waals surface area contributed by atoms with Crippen LogP contribution in [0, 0.1) is 5.92 Å². The van der Waals surface area contributed by atoms with Gasteiger partial charge in [-0.15, -0.1) is 0 Å². The molecule has 5 nitrogen and oxygen atoms in total. The van der Waals surface area contributed by atoms with Crippen molar-refractivity contribution in [1.29, 1.82) is 0 Å². The van der Waals surface area contributed by atoms with Gasteiger partial charge in [-0.25, -0.2) is 0 Å². The Hall–Kier alpha value is -2.66. The van der Waals surface area contributed by atoms with Crippen molar-refractivity contribution in [3.05, 3.63) is 71.8 Å². The number of hydrogen-bond donors (Lipinski definition) is 1. The van der Waals surface area contributed by atoms with E-state index in [0.29, 0.717) is 13.2 Å². The Labute approximate surface area is 166 Å². The molecule has 2 aromatic carbocycles. The highest BCUT2D eigenvalue weighted by Crippen LogP contribution is 2.22. The second-order valence-electron chi connectivity index (χ2n) is 7.15. The fourth-order valence-electron chi connectivity index (χ4n) is 3.71. The molecule has 1 heterocycles. The zero-order valence-corrected chi connectivity index (χ0v) is 16.3. The number of carbonyl (C=O) groups excluding carboxylic acids is 2. The normalized spacial score (nSPS) is 17.3. The number of nitrogens with one attached hydrogen (secondary N) is 1. The number of esters is 1. The topological polar surface area (TPSA) is 58.6 Å². The predicted octanol–water partition coefficient (Wildman–Crippen LogP) is 3.17. The lowest BCUT2D eigenvalue weighted by Gasteiger charge is -2.31. The summed E-state index contributed by atoms with van der Waals surface area (Å²) in [5.74, 6) is -0.332. The Bertz CT molecular complexity index is 724. The maximum atomic E-state index is 12.8. The Morgan fingerprint density at radius 2 is 1.68 bits per heavy atom. The highest BCUT2D eigenvalue weighted by atomic mass is 16.5. The smallest absolute Gasteiger partial charge is 0.310 e. The number of amides is 1. The van der Waals surface area contributed by atoms with Crippen LogP contribution in [0.2, 0.25) is 0 Å². The van der Waals surface area contributed by atoms with E-state index >= 15 is 0 Å². The van der Waals surface area contributed by atoms with Crippen LogP contribution < -0.4 is 5.32 Å². The predicted molar refractivity (Wildman–Crippen MR) is 109 cm³/mol. The molecular weight excluding hydrogens is 352 g/mol. The first-order valence-corrected chi connectivity index (χ1v) is 9.95. The molecule has 0 aromatic heterocycles. The Kier molecular flexibility index (Phi) is 7.20. The second kappa shape index (κ2) is 10.0. The number of piperidine rings is 1. The van der Waals surface area contributed by atoms with E-state index in [-0.39, 0.29) is 30.4 Å². The van der Waals surface area contributed by atoms with E-state index in [1.54, 1.807) is 0 Å². The molecule has 0 radical (unpaired) electrons. The number of hydrogen-bond acceptors (Lipinski definition) is 4. The summed E-state index contributed by atoms with van der Waals surface area (Å²) < 4.78 is 5.15. The molecule has 0 aliphatic carbocycles. The molecule has 2 aromatic rings. The monoisotopic (exact) mass is 380 g/mol. The molecule has 1 atom stereocenters. The molecule has 28 heavy (non-hydrogen) atoms. The Morgan fingerprint density at radius 1 is 1.07 bits per heavy atom. The van der Waals surface area contributed by atoms with Crippen LogP contribution in [-0.4, -0.2) is 43.0 Å². The number of ether oxygens (including phenoxy) is 1. The molecule has 0 unspecified atom stereocenters. The van der Waals surface area contributed by atoms with Crippen molar-refractivity contribution < 1.29 is 14.3 Å². The van der Waals surface area contributed by atoms with Crippen molar-refractivity contribution in [3.8, 4) is 0 Å². The van der Waals surface area contributed by atoms with Crippen LogP contribution in [0.15, 0.2) is 60.7 Å². The molecule has 3 rings (SSSR count). The fraction of sp³-hybridized carbons (Fsp3) is 0.391. The standard InChI is InChI=1S/C23H28N2O3/c1-2-28-23(27)20-14-9-15-25(16-20)17-21(26)24-22(18-10-5-3-6-11-18)19-12-7-4-8-13-19/h3-8,10-13,20,22H,2,9,14-17H2,1H3,(H,24,26)/t20-/m1/s1. The van der Waals surface area contributed by atoms with Crippen LogP contribution in [0.25, 0.3) is 0 Å². The SMILES string of the molecule is CCOC(=O)[C@@H]1CCCN(CC(=O)NC(c2ccccc2)c2ccccc2)C1. The van der Waals surface area contributed by atoms with Crippen LogP contribution in [0.1, 0.15) is 36.9 Å². The second-order valence-corrected chi connectivity index (χ2v) is 7.15. The molecule has 1 aliphatic heterocycles. The first-order valence-electron chi connectivity index (χ1n) is 9.95. The van der Waals surface area contributed by atoms with Crippen molar-refractivity contribution in [2.45, 2.75) is 25.8 Å². The molecule has 5 heteroatoms. The van der Waals surface area contributed by atoms with E-state index in [9.17, 15) is 9.59 Å². The van der Waals surface area contributed by atoms with Gasteiger partial charge in [0.1, 0.15) is 0 Å². The fourth-order valence-corrected chi connectivity index (χ4v) is 3.71. The maximum absolute atomic E-state index is 12.8. The van der Waals surface area contributed by atoms with Gasteiger partial charge in [0.15, 0.2) is 0 Å². The molecule has 148 valence electrons. The van der Waals surface area contributed by atoms with Crippen LogP contribution in [0.4, 0.5) is 0 Å². The molecule has 0 spiro atoms. The zero-order valence-electron chi connectivity index (χ0n) is 16.3. The summed E-state index contributed by atoms with van der Waals surface area (Å²) in [5.41, 5.74) is 2.09. The van der Waals surface area contributed by atoms with Gasteiger partial charge >= 0.3 is 5.97 Å². The van der Waals surface area contributed by atoms with E-state index < -0.39 is 0 Å². The van der Waals surface area contributed by atoms with Crippen LogP contribution in [-0.2, 0) is 14.3 Å². The van der Waals surface area contributed by atoms with Gasteiger partial charge in [0, 0.05) is 6.54 Å². The molecule has 1 aliphatic rings. The molecule has 1 saturated heterocycles. The van der Waals surface area contributed by atoms with Gasteiger partial charge in [0.25, 0.3) is 0 Å². The van der Waals surface area contributed by atoms with Crippen molar-refractivity contribution >= 4 is 11.9 Å². The number of nitrogens with zero attached hydrogens (tertiary/aromatic N) is 1. The zero-order chi connectivity index (χ0) is 19.8. The maximum Gasteiger partial charge on any atom is 0.310 e. The summed E-state index contributed by atoms with van der Waals surface area (Å²) in [6.45, 7) is 3.90. The van der Waals surface area contributed by atoms with E-state index in [4.69, 9.17) is 4.74 Å². The van der Waals surface area contributed by atoms with Crippen LogP contribution in [0.3, 0.4) is 0 Å². The van der Waals surface area contributed by atoms with Crippen LogP contribution >= 0.6 is 0 Å². The average Bonchev–Trinajstić information content (AvgIpc) is 2.73. The lowest BCUT2D eigenvalue weighted by molar-refractivity contribution is -0.150. The lowest BCUT2D eigenvalue weighted by Crippen LogP contribution is -2.45. The van der Waals surface area contributed by atoms with Crippen molar-refractivity contribution in [2.75, 3.05) is 26.2 Å². The quantitative estimate of drug-likeness (QED) is 0.750. The molecular formula is C23H28N2O3. The van der Waals surface area contributed by atoms with Gasteiger partial charge in [-0.05, 0) is 37.4 Å². The van der Waals surface area contributed by atoms with Crippen molar-refractivity contribution in [3.63, 3.8) is 0 Å². The number of benzene rings is 2. The van der Waals surface area contributed by atoms with Gasteiger partial charge in [-0.1, -0.05) is 60.7 Å². The Morgan fingerprint density at radius 3 is 2.25 bits per heavy atom. The van der Waals surface area contributed by atoms with E-state index in [0.717, 1.165) is 30.5 Å². The summed E-state index contributed by atoms with van der Waals surface area (Å²) in [6, 6.07) is 19.8. The van der Waals surface area contributed by atoms with E-state index in [1.165, 1.54) is 0 Å². The molecule has 0 saturated carbocycles. The minimum Gasteiger partial charge on any atom is -0.466 e. The van der Waals surface area contributed by atoms with Gasteiger partial charge in [-0.2, -0.15) is 0 Å². The van der Waals surface area contributed by atoms with E-state index in [2.05, 4.69) is 5.32 Å². The first kappa shape index (κ1) is 20.1. The minimum absolute atomic E-state index is 0.0396. The van der Waals surface area contributed by atoms with E-state index in [1.807, 2.05) is 72.5 Å². The van der Waals surface area contributed by atoms with Gasteiger partial charge in [-0.3, -0.25) is 14.5 Å². The molecule has 1 fully saturated rings. The summed E-state index contributed by atoms with van der Waals surface area (Å²) in [6.07, 6.45) is 1.73. The number of carbonyl (C=O) groups is 2. The number of rotatable bonds is 7. The Balaban J connectivity index is 1.65. The van der Waals surface area contributed by atoms with Gasteiger partial charge in [0.2, 0.25) is 5.91 Å². The third kappa shape index (κ3) is 5.42. The van der Waals surface area contributed by atoms with Crippen molar-refractivity contribution in [1.82, 2.24) is 10.2 Å². The minimum atomic E-state index is -0.194. The third-order valence-electron chi connectivity index (χ3n) is 5.06. The van der Waals surface area contributed by atoms with Gasteiger partial charge < -0.3 is 10.1 Å². The summed E-state index contributed by atoms with van der Waals surface area (Å²) >= 11 is 0. The largest absolute Gasteiger partial charge is 0.466 e.